The maximum atomic E-state index is 13.9. The minimum atomic E-state index is -4.88. The summed E-state index contributed by atoms with van der Waals surface area (Å²) < 4.78 is 119. The average Bonchev–Trinajstić information content (AvgIpc) is 2.84. The first kappa shape index (κ1) is 29.8. The number of aryl methyl sites for hydroxylation is 1. The van der Waals surface area contributed by atoms with Crippen LogP contribution in [-0.2, 0) is 46.6 Å². The van der Waals surface area contributed by atoms with Crippen molar-refractivity contribution in [2.75, 3.05) is 11.9 Å². The average molecular weight is 609 g/mol. The van der Waals surface area contributed by atoms with Crippen LogP contribution in [0.25, 0.3) is 0 Å². The molecule has 0 atom stereocenters. The third-order valence-corrected chi connectivity index (χ3v) is 8.75. The smallest absolute Gasteiger partial charge is 0.325 e. The Morgan fingerprint density at radius 2 is 1.70 bits per heavy atom. The monoisotopic (exact) mass is 608 g/mol. The summed E-state index contributed by atoms with van der Waals surface area (Å²) in [7, 11) is -4.42. The molecule has 1 aliphatic heterocycles. The molecule has 0 fully saturated rings. The van der Waals surface area contributed by atoms with Crippen LogP contribution in [-0.4, -0.2) is 25.2 Å². The van der Waals surface area contributed by atoms with E-state index in [-0.39, 0.29) is 30.1 Å². The number of rotatable bonds is 5. The highest BCUT2D eigenvalue weighted by Gasteiger charge is 2.36. The zero-order valence-corrected chi connectivity index (χ0v) is 22.1. The molecule has 0 bridgehead atoms. The lowest BCUT2D eigenvalue weighted by atomic mass is 9.95. The molecule has 4 rings (SSSR count). The molecule has 5 nitrogen and oxygen atoms in total. The normalized spacial score (nSPS) is 14.6. The summed E-state index contributed by atoms with van der Waals surface area (Å²) >= 11 is 5.96. The fourth-order valence-electron chi connectivity index (χ4n) is 4.41. The van der Waals surface area contributed by atoms with Gasteiger partial charge in [-0.05, 0) is 65.9 Å². The Kier molecular flexibility index (Phi) is 7.96. The number of benzene rings is 3. The van der Waals surface area contributed by atoms with Crippen molar-refractivity contribution in [1.29, 1.82) is 0 Å². The predicted molar refractivity (Wildman–Crippen MR) is 133 cm³/mol. The topological polar surface area (TPSA) is 66.5 Å². The summed E-state index contributed by atoms with van der Waals surface area (Å²) in [6.45, 7) is 1.34. The van der Waals surface area contributed by atoms with E-state index in [9.17, 15) is 43.9 Å². The van der Waals surface area contributed by atoms with E-state index in [1.54, 1.807) is 19.1 Å². The number of nitrogens with one attached hydrogen (secondary N) is 1. The molecule has 0 saturated heterocycles. The van der Waals surface area contributed by atoms with Gasteiger partial charge in [0, 0.05) is 18.8 Å². The van der Waals surface area contributed by atoms with Crippen LogP contribution in [0.5, 0.6) is 0 Å². The molecule has 1 heterocycles. The van der Waals surface area contributed by atoms with E-state index in [4.69, 9.17) is 11.6 Å². The fraction of sp³-hybridized carbons (Fsp3) is 0.269. The molecule has 14 heteroatoms. The van der Waals surface area contributed by atoms with Gasteiger partial charge in [0.1, 0.15) is 10.7 Å². The predicted octanol–water partition coefficient (Wildman–Crippen LogP) is 6.75. The maximum absolute atomic E-state index is 13.9. The summed E-state index contributed by atoms with van der Waals surface area (Å²) in [4.78, 5) is 12.0. The van der Waals surface area contributed by atoms with Crippen LogP contribution in [0.3, 0.4) is 0 Å². The van der Waals surface area contributed by atoms with Crippen molar-refractivity contribution in [2.45, 2.75) is 43.6 Å². The SMILES string of the molecule is Cc1ccc2c(c1NC(=O)Cc1ccc(C(F)(F)F)c(F)c1)CCN(S(=O)(=O)c1cc(C(F)(F)F)ccc1Cl)C2. The second kappa shape index (κ2) is 10.7. The number of amides is 1. The van der Waals surface area contributed by atoms with Gasteiger partial charge >= 0.3 is 12.4 Å². The molecule has 1 N–H and O–H groups in total. The highest BCUT2D eigenvalue weighted by Crippen LogP contribution is 2.37. The Hall–Kier alpha value is -3.16. The molecule has 0 radical (unpaired) electrons. The molecule has 3 aromatic carbocycles. The van der Waals surface area contributed by atoms with Gasteiger partial charge in [0.2, 0.25) is 15.9 Å². The van der Waals surface area contributed by atoms with Crippen molar-refractivity contribution in [3.05, 3.63) is 92.8 Å². The Bertz CT molecular complexity index is 1590. The summed E-state index contributed by atoms with van der Waals surface area (Å²) in [5.74, 6) is -2.14. The molecular formula is C26H20ClF7N2O3S. The minimum Gasteiger partial charge on any atom is -0.325 e. The van der Waals surface area contributed by atoms with E-state index in [0.29, 0.717) is 46.6 Å². The molecule has 0 aromatic heterocycles. The zero-order valence-electron chi connectivity index (χ0n) is 20.6. The molecule has 0 unspecified atom stereocenters. The highest BCUT2D eigenvalue weighted by atomic mass is 35.5. The number of sulfonamides is 1. The Balaban J connectivity index is 1.56. The lowest BCUT2D eigenvalue weighted by Crippen LogP contribution is -2.36. The van der Waals surface area contributed by atoms with Crippen LogP contribution < -0.4 is 5.32 Å². The van der Waals surface area contributed by atoms with Gasteiger partial charge in [0.15, 0.2) is 0 Å². The van der Waals surface area contributed by atoms with Crippen LogP contribution in [0.4, 0.5) is 36.4 Å². The Morgan fingerprint density at radius 1 is 1.00 bits per heavy atom. The third kappa shape index (κ3) is 6.11. The van der Waals surface area contributed by atoms with Crippen LogP contribution in [0.2, 0.25) is 5.02 Å². The van der Waals surface area contributed by atoms with Crippen LogP contribution in [0.15, 0.2) is 53.4 Å². The molecule has 1 aliphatic rings. The second-order valence-electron chi connectivity index (χ2n) is 9.16. The molecule has 0 spiro atoms. The van der Waals surface area contributed by atoms with Crippen molar-refractivity contribution in [3.8, 4) is 0 Å². The van der Waals surface area contributed by atoms with E-state index in [1.165, 1.54) is 0 Å². The van der Waals surface area contributed by atoms with Crippen LogP contribution >= 0.6 is 11.6 Å². The van der Waals surface area contributed by atoms with Crippen LogP contribution in [0, 0.1) is 12.7 Å². The number of nitrogens with zero attached hydrogens (tertiary/aromatic N) is 1. The van der Waals surface area contributed by atoms with Crippen molar-refractivity contribution in [3.63, 3.8) is 0 Å². The van der Waals surface area contributed by atoms with Gasteiger partial charge in [-0.25, -0.2) is 12.8 Å². The molecule has 40 heavy (non-hydrogen) atoms. The highest BCUT2D eigenvalue weighted by molar-refractivity contribution is 7.89. The first-order valence-electron chi connectivity index (χ1n) is 11.6. The largest absolute Gasteiger partial charge is 0.419 e. The summed E-state index contributed by atoms with van der Waals surface area (Å²) in [6.07, 6.45) is -9.98. The van der Waals surface area contributed by atoms with Crippen molar-refractivity contribution >= 4 is 33.2 Å². The lowest BCUT2D eigenvalue weighted by Gasteiger charge is -2.30. The molecule has 3 aromatic rings. The van der Waals surface area contributed by atoms with Gasteiger partial charge in [0.25, 0.3) is 0 Å². The van der Waals surface area contributed by atoms with Gasteiger partial charge in [-0.3, -0.25) is 4.79 Å². The number of alkyl halides is 6. The Morgan fingerprint density at radius 3 is 2.33 bits per heavy atom. The van der Waals surface area contributed by atoms with E-state index in [0.717, 1.165) is 16.4 Å². The minimum absolute atomic E-state index is 0.0145. The van der Waals surface area contributed by atoms with E-state index < -0.39 is 56.5 Å². The van der Waals surface area contributed by atoms with Crippen molar-refractivity contribution in [2.24, 2.45) is 0 Å². The van der Waals surface area contributed by atoms with Gasteiger partial charge in [-0.15, -0.1) is 0 Å². The van der Waals surface area contributed by atoms with Gasteiger partial charge in [-0.2, -0.15) is 30.6 Å². The number of halogens is 8. The summed E-state index contributed by atoms with van der Waals surface area (Å²) in [5, 5.41) is 2.31. The standard InChI is InChI=1S/C26H20ClF7N2O3S/c1-14-2-4-16-13-36(40(38,39)22-12-17(25(29,30)31)5-7-20(22)27)9-8-18(16)24(14)35-23(37)11-15-3-6-19(21(28)10-15)26(32,33)34/h2-7,10,12H,8-9,11,13H2,1H3,(H,35,37). The maximum Gasteiger partial charge on any atom is 0.419 e. The molecular weight excluding hydrogens is 589 g/mol. The number of anilines is 1. The molecule has 1 amide bonds. The van der Waals surface area contributed by atoms with E-state index in [2.05, 4.69) is 5.32 Å². The Labute approximate surface area is 229 Å². The third-order valence-electron chi connectivity index (χ3n) is 6.42. The number of hydrogen-bond acceptors (Lipinski definition) is 3. The zero-order chi connectivity index (χ0) is 29.6. The fourth-order valence-corrected chi connectivity index (χ4v) is 6.33. The summed E-state index contributed by atoms with van der Waals surface area (Å²) in [6, 6.07) is 7.47. The molecule has 0 saturated carbocycles. The lowest BCUT2D eigenvalue weighted by molar-refractivity contribution is -0.140. The van der Waals surface area contributed by atoms with E-state index >= 15 is 0 Å². The van der Waals surface area contributed by atoms with Crippen molar-refractivity contribution in [1.82, 2.24) is 4.31 Å². The quantitative estimate of drug-likeness (QED) is 0.326. The first-order valence-corrected chi connectivity index (χ1v) is 13.4. The summed E-state index contributed by atoms with van der Waals surface area (Å²) in [5.41, 5.74) is -0.544. The van der Waals surface area contributed by atoms with Gasteiger partial charge in [-0.1, -0.05) is 29.8 Å². The number of hydrogen-bond donors (Lipinski definition) is 1. The molecule has 0 aliphatic carbocycles. The van der Waals surface area contributed by atoms with Gasteiger partial charge in [0.05, 0.1) is 22.6 Å². The molecule has 214 valence electrons. The van der Waals surface area contributed by atoms with Gasteiger partial charge < -0.3 is 5.32 Å². The van der Waals surface area contributed by atoms with E-state index in [1.807, 2.05) is 0 Å². The second-order valence-corrected chi connectivity index (χ2v) is 11.5. The van der Waals surface area contributed by atoms with Crippen LogP contribution in [0.1, 0.15) is 33.4 Å². The number of carbonyl (C=O) groups excluding carboxylic acids is 1. The number of fused-ring (bicyclic) bond motifs is 1. The number of carbonyl (C=O) groups is 1. The van der Waals surface area contributed by atoms with Crippen molar-refractivity contribution < 1.29 is 43.9 Å². The first-order chi connectivity index (χ1) is 18.5.